The van der Waals surface area contributed by atoms with Crippen LogP contribution < -0.4 is 5.32 Å². The lowest BCUT2D eigenvalue weighted by Gasteiger charge is -2.09. The molecule has 1 amide bonds. The molecule has 1 saturated carbocycles. The van der Waals surface area contributed by atoms with E-state index in [1.165, 1.54) is 5.69 Å². The number of ether oxygens (including phenoxy) is 1. The topological polar surface area (TPSA) is 125 Å². The molecule has 0 radical (unpaired) electrons. The average molecular weight is 444 g/mol. The second-order valence-corrected chi connectivity index (χ2v) is 9.66. The Morgan fingerprint density at radius 2 is 1.97 bits per heavy atom. The lowest BCUT2D eigenvalue weighted by Crippen LogP contribution is -2.26. The molecule has 0 aliphatic heterocycles. The van der Waals surface area contributed by atoms with Crippen LogP contribution in [-0.4, -0.2) is 52.8 Å². The number of phosphoric acid groups is 1. The Kier molecular flexibility index (Phi) is 8.27. The maximum atomic E-state index is 11.9. The zero-order valence-electron chi connectivity index (χ0n) is 17.8. The highest BCUT2D eigenvalue weighted by atomic mass is 31.2. The molecule has 1 aromatic rings. The van der Waals surface area contributed by atoms with E-state index in [9.17, 15) is 9.36 Å². The van der Waals surface area contributed by atoms with Crippen molar-refractivity contribution in [2.75, 3.05) is 26.9 Å². The standard InChI is InChI=1S/C19H33N4O6P/c1-23-18-10-8-15-14(7-9-17(18)21-22-23)16(15)13-28-19(24)20-11-5-3-4-6-12-29-30(25,26)27-2/h14-16H,3-13H2,1-2H3,(H,20,24)(H,25,26)/t14-,15+,16-/m0/s1. The van der Waals surface area contributed by atoms with Gasteiger partial charge in [-0.25, -0.2) is 9.36 Å². The largest absolute Gasteiger partial charge is 0.471 e. The quantitative estimate of drug-likeness (QED) is 0.394. The molecule has 10 nitrogen and oxygen atoms in total. The van der Waals surface area contributed by atoms with Gasteiger partial charge in [-0.2, -0.15) is 0 Å². The summed E-state index contributed by atoms with van der Waals surface area (Å²) in [6.45, 7) is 1.22. The van der Waals surface area contributed by atoms with Crippen molar-refractivity contribution < 1.29 is 28.0 Å². The van der Waals surface area contributed by atoms with Crippen LogP contribution in [0.4, 0.5) is 4.79 Å². The van der Waals surface area contributed by atoms with E-state index in [-0.39, 0.29) is 12.7 Å². The molecule has 2 aliphatic carbocycles. The van der Waals surface area contributed by atoms with Crippen LogP contribution in [0.25, 0.3) is 0 Å². The molecule has 0 aromatic carbocycles. The molecule has 11 heteroatoms. The Morgan fingerprint density at radius 1 is 1.23 bits per heavy atom. The van der Waals surface area contributed by atoms with Crippen LogP contribution in [0.15, 0.2) is 0 Å². The van der Waals surface area contributed by atoms with Crippen molar-refractivity contribution in [2.45, 2.75) is 51.4 Å². The van der Waals surface area contributed by atoms with E-state index >= 15 is 0 Å². The summed E-state index contributed by atoms with van der Waals surface area (Å²) in [6.07, 6.45) is 7.02. The van der Waals surface area contributed by atoms with Gasteiger partial charge >= 0.3 is 13.9 Å². The third-order valence-electron chi connectivity index (χ3n) is 6.19. The number of aromatic nitrogens is 3. The summed E-state index contributed by atoms with van der Waals surface area (Å²) in [5.41, 5.74) is 2.37. The van der Waals surface area contributed by atoms with E-state index in [2.05, 4.69) is 20.2 Å². The number of carbonyl (C=O) groups excluding carboxylic acids is 1. The molecule has 0 saturated heterocycles. The lowest BCUT2D eigenvalue weighted by atomic mass is 10.0. The Hall–Kier alpha value is -1.48. The number of nitrogens with zero attached hydrogens (tertiary/aromatic N) is 3. The number of unbranched alkanes of at least 4 members (excludes halogenated alkanes) is 3. The second-order valence-electron chi connectivity index (χ2n) is 8.10. The van der Waals surface area contributed by atoms with Gasteiger partial charge in [0, 0.05) is 20.7 Å². The van der Waals surface area contributed by atoms with Gasteiger partial charge in [0.15, 0.2) is 0 Å². The first-order valence-electron chi connectivity index (χ1n) is 10.7. The van der Waals surface area contributed by atoms with Gasteiger partial charge in [-0.15, -0.1) is 5.10 Å². The fourth-order valence-corrected chi connectivity index (χ4v) is 4.85. The van der Waals surface area contributed by atoms with Crippen LogP contribution in [0, 0.1) is 17.8 Å². The molecule has 1 heterocycles. The van der Waals surface area contributed by atoms with Gasteiger partial charge in [0.05, 0.1) is 24.6 Å². The highest BCUT2D eigenvalue weighted by Crippen LogP contribution is 2.52. The first-order valence-corrected chi connectivity index (χ1v) is 12.2. The zero-order valence-corrected chi connectivity index (χ0v) is 18.7. The number of aryl methyl sites for hydroxylation is 2. The maximum Gasteiger partial charge on any atom is 0.471 e. The SMILES string of the molecule is COP(=O)(O)OCCCCCCNC(=O)OC[C@@H]1[C@@H]2CCc3c(nnn3C)CC[C@@H]21. The van der Waals surface area contributed by atoms with E-state index in [1.807, 2.05) is 11.7 Å². The van der Waals surface area contributed by atoms with Crippen LogP contribution in [-0.2, 0) is 38.2 Å². The highest BCUT2D eigenvalue weighted by molar-refractivity contribution is 7.47. The molecule has 2 aliphatic rings. The fraction of sp³-hybridized carbons (Fsp3) is 0.842. The number of alkyl carbamates (subject to hydrolysis) is 1. The number of fused-ring (bicyclic) bond motifs is 2. The number of rotatable bonds is 11. The summed E-state index contributed by atoms with van der Waals surface area (Å²) < 4.78 is 27.5. The van der Waals surface area contributed by atoms with Crippen molar-refractivity contribution in [3.8, 4) is 0 Å². The monoisotopic (exact) mass is 444 g/mol. The van der Waals surface area contributed by atoms with Crippen molar-refractivity contribution in [3.05, 3.63) is 11.4 Å². The van der Waals surface area contributed by atoms with Crippen molar-refractivity contribution >= 4 is 13.9 Å². The number of nitrogens with one attached hydrogen (secondary N) is 1. The van der Waals surface area contributed by atoms with Crippen molar-refractivity contribution in [2.24, 2.45) is 24.8 Å². The molecule has 3 rings (SSSR count). The molecule has 1 aromatic heterocycles. The van der Waals surface area contributed by atoms with E-state index in [1.54, 1.807) is 0 Å². The van der Waals surface area contributed by atoms with Crippen LogP contribution in [0.3, 0.4) is 0 Å². The average Bonchev–Trinajstić information content (AvgIpc) is 3.24. The van der Waals surface area contributed by atoms with E-state index < -0.39 is 7.82 Å². The summed E-state index contributed by atoms with van der Waals surface area (Å²) >= 11 is 0. The van der Waals surface area contributed by atoms with E-state index in [0.717, 1.165) is 57.7 Å². The van der Waals surface area contributed by atoms with Gasteiger partial charge < -0.3 is 14.9 Å². The predicted octanol–water partition coefficient (Wildman–Crippen LogP) is 2.61. The number of hydrogen-bond donors (Lipinski definition) is 2. The minimum absolute atomic E-state index is 0.179. The molecular weight excluding hydrogens is 411 g/mol. The number of carbonyl (C=O) groups is 1. The van der Waals surface area contributed by atoms with Gasteiger partial charge in [0.1, 0.15) is 0 Å². The normalized spacial score (nSPS) is 24.7. The summed E-state index contributed by atoms with van der Waals surface area (Å²) in [6, 6.07) is 0. The van der Waals surface area contributed by atoms with Gasteiger partial charge in [-0.3, -0.25) is 13.7 Å². The Labute approximate surface area is 177 Å². The van der Waals surface area contributed by atoms with Crippen LogP contribution in [0.5, 0.6) is 0 Å². The minimum Gasteiger partial charge on any atom is -0.449 e. The van der Waals surface area contributed by atoms with Gasteiger partial charge in [0.2, 0.25) is 0 Å². The summed E-state index contributed by atoms with van der Waals surface area (Å²) in [4.78, 5) is 21.0. The second kappa shape index (κ2) is 10.7. The summed E-state index contributed by atoms with van der Waals surface area (Å²) in [5, 5.41) is 11.2. The van der Waals surface area contributed by atoms with Crippen molar-refractivity contribution in [1.82, 2.24) is 20.3 Å². The first kappa shape index (κ1) is 23.2. The third kappa shape index (κ3) is 6.51. The van der Waals surface area contributed by atoms with E-state index in [4.69, 9.17) is 14.2 Å². The molecule has 1 fully saturated rings. The van der Waals surface area contributed by atoms with E-state index in [0.29, 0.717) is 37.3 Å². The molecule has 170 valence electrons. The summed E-state index contributed by atoms with van der Waals surface area (Å²) in [5.74, 6) is 1.73. The molecule has 4 atom stereocenters. The minimum atomic E-state index is -3.87. The Bertz CT molecular complexity index is 757. The number of hydrogen-bond acceptors (Lipinski definition) is 7. The van der Waals surface area contributed by atoms with Gasteiger partial charge in [0.25, 0.3) is 0 Å². The van der Waals surface area contributed by atoms with Crippen LogP contribution >= 0.6 is 7.82 Å². The molecule has 2 N–H and O–H groups in total. The molecule has 30 heavy (non-hydrogen) atoms. The van der Waals surface area contributed by atoms with Crippen molar-refractivity contribution in [3.63, 3.8) is 0 Å². The Balaban J connectivity index is 1.21. The molecule has 1 unspecified atom stereocenters. The Morgan fingerprint density at radius 3 is 2.73 bits per heavy atom. The number of phosphoric ester groups is 1. The molecule has 0 bridgehead atoms. The third-order valence-corrected chi connectivity index (χ3v) is 7.16. The predicted molar refractivity (Wildman–Crippen MR) is 109 cm³/mol. The van der Waals surface area contributed by atoms with Gasteiger partial charge in [-0.05, 0) is 56.3 Å². The highest BCUT2D eigenvalue weighted by Gasteiger charge is 2.50. The first-order chi connectivity index (χ1) is 14.4. The lowest BCUT2D eigenvalue weighted by molar-refractivity contribution is 0.137. The maximum absolute atomic E-state index is 11.9. The molecule has 0 spiro atoms. The zero-order chi connectivity index (χ0) is 21.6. The van der Waals surface area contributed by atoms with Crippen LogP contribution in [0.2, 0.25) is 0 Å². The molecular formula is C19H33N4O6P. The smallest absolute Gasteiger partial charge is 0.449 e. The van der Waals surface area contributed by atoms with Crippen molar-refractivity contribution in [1.29, 1.82) is 0 Å². The fourth-order valence-electron chi connectivity index (χ4n) is 4.38. The van der Waals surface area contributed by atoms with Crippen LogP contribution in [0.1, 0.15) is 49.9 Å². The van der Waals surface area contributed by atoms with Gasteiger partial charge in [-0.1, -0.05) is 18.1 Å². The number of amides is 1. The summed E-state index contributed by atoms with van der Waals surface area (Å²) in [7, 11) is -0.780.